The van der Waals surface area contributed by atoms with Crippen molar-refractivity contribution < 1.29 is 36.7 Å². The first kappa shape index (κ1) is 31.0. The maximum Gasteiger partial charge on any atom is 0.197 e. The number of aldehydes is 1. The van der Waals surface area contributed by atoms with Gasteiger partial charge in [-0.3, -0.25) is 19.2 Å². The minimum atomic E-state index is -1.18. The second kappa shape index (κ2) is 11.1. The van der Waals surface area contributed by atoms with Crippen molar-refractivity contribution in [3.63, 3.8) is 0 Å². The van der Waals surface area contributed by atoms with Crippen LogP contribution in [0, 0.1) is 30.2 Å². The van der Waals surface area contributed by atoms with Crippen LogP contribution in [0.5, 0.6) is 0 Å². The van der Waals surface area contributed by atoms with E-state index in [1.165, 1.54) is 47.3 Å². The monoisotopic (exact) mass is 702 g/mol. The van der Waals surface area contributed by atoms with Crippen LogP contribution in [0.1, 0.15) is 89.6 Å². The zero-order valence-corrected chi connectivity index (χ0v) is 27.6. The fourth-order valence-electron chi connectivity index (χ4n) is 7.33. The number of fused-ring (bicyclic) bond motifs is 8. The van der Waals surface area contributed by atoms with Crippen LogP contribution in [0.3, 0.4) is 0 Å². The second-order valence-electron chi connectivity index (χ2n) is 12.3. The topological polar surface area (TPSA) is 68.3 Å². The van der Waals surface area contributed by atoms with Gasteiger partial charge in [0.15, 0.2) is 46.9 Å². The van der Waals surface area contributed by atoms with E-state index in [4.69, 9.17) is 0 Å². The maximum atomic E-state index is 14.0. The van der Waals surface area contributed by atoms with Gasteiger partial charge < -0.3 is 0 Å². The van der Waals surface area contributed by atoms with Gasteiger partial charge in [0.05, 0.1) is 20.7 Å². The van der Waals surface area contributed by atoms with Crippen molar-refractivity contribution in [1.82, 2.24) is 0 Å². The molecule has 0 unspecified atom stereocenters. The number of carbonyl (C=O) groups excluding carboxylic acids is 4. The summed E-state index contributed by atoms with van der Waals surface area (Å²) in [6, 6.07) is 7.27. The van der Waals surface area contributed by atoms with Gasteiger partial charge in [-0.1, -0.05) is 19.3 Å². The van der Waals surface area contributed by atoms with E-state index in [2.05, 4.69) is 0 Å². The van der Waals surface area contributed by atoms with Crippen LogP contribution in [0.4, 0.5) is 17.6 Å². The smallest absolute Gasteiger partial charge is 0.197 e. The van der Waals surface area contributed by atoms with Gasteiger partial charge >= 0.3 is 0 Å². The Balaban J connectivity index is 1.19. The van der Waals surface area contributed by atoms with Crippen molar-refractivity contribution in [2.75, 3.05) is 0 Å². The highest BCUT2D eigenvalue weighted by atomic mass is 32.1. The Kier molecular flexibility index (Phi) is 7.17. The summed E-state index contributed by atoms with van der Waals surface area (Å²) in [7, 11) is 0. The van der Waals surface area contributed by atoms with Crippen molar-refractivity contribution in [3.05, 3.63) is 114 Å². The van der Waals surface area contributed by atoms with Crippen LogP contribution >= 0.6 is 34.0 Å². The van der Waals surface area contributed by atoms with Crippen LogP contribution < -0.4 is 0 Å². The van der Waals surface area contributed by atoms with Crippen molar-refractivity contribution in [3.8, 4) is 9.75 Å². The van der Waals surface area contributed by atoms with E-state index in [-0.39, 0.29) is 38.8 Å². The fourth-order valence-corrected chi connectivity index (χ4v) is 11.5. The zero-order valence-electron chi connectivity index (χ0n) is 25.1. The first-order chi connectivity index (χ1) is 23.0. The number of aryl methyl sites for hydroxylation is 1. The average Bonchev–Trinajstić information content (AvgIpc) is 3.84. The summed E-state index contributed by atoms with van der Waals surface area (Å²) < 4.78 is 57.4. The number of hydrogen-bond donors (Lipinski definition) is 0. The van der Waals surface area contributed by atoms with Crippen LogP contribution in [0.25, 0.3) is 31.3 Å². The van der Waals surface area contributed by atoms with Gasteiger partial charge in [0.1, 0.15) is 0 Å². The molecule has 0 radical (unpaired) electrons. The largest absolute Gasteiger partial charge is 0.298 e. The van der Waals surface area contributed by atoms with Gasteiger partial charge in [-0.2, -0.15) is 0 Å². The summed E-state index contributed by atoms with van der Waals surface area (Å²) in [5.41, 5.74) is 1.67. The third kappa shape index (κ3) is 4.51. The Hall–Kier alpha value is -4.32. The lowest BCUT2D eigenvalue weighted by Crippen LogP contribution is -2.27. The number of carbonyl (C=O) groups is 4. The number of rotatable bonds is 5. The van der Waals surface area contributed by atoms with Gasteiger partial charge in [-0.25, -0.2) is 17.6 Å². The van der Waals surface area contributed by atoms with Gasteiger partial charge in [-0.05, 0) is 79.4 Å². The molecule has 240 valence electrons. The fraction of sp³-hybridized carbons (Fsp3) is 0.189. The number of allylic oxidation sites excluding steroid dienone is 2. The summed E-state index contributed by atoms with van der Waals surface area (Å²) in [5, 5.41) is 0. The molecule has 0 atom stereocenters. The normalized spacial score (nSPS) is 16.5. The highest BCUT2D eigenvalue weighted by Crippen LogP contribution is 2.63. The molecule has 0 amide bonds. The zero-order chi connectivity index (χ0) is 33.6. The average molecular weight is 703 g/mol. The molecule has 11 heteroatoms. The molecule has 48 heavy (non-hydrogen) atoms. The molecule has 3 aliphatic carbocycles. The number of hydrogen-bond acceptors (Lipinski definition) is 7. The lowest BCUT2D eigenvalue weighted by atomic mass is 9.68. The Morgan fingerprint density at radius 1 is 0.771 bits per heavy atom. The van der Waals surface area contributed by atoms with E-state index in [1.807, 2.05) is 12.1 Å². The Bertz CT molecular complexity index is 2320. The minimum Gasteiger partial charge on any atom is -0.298 e. The van der Waals surface area contributed by atoms with E-state index >= 15 is 0 Å². The number of Topliss-reactive ketones (excluding diaryl/α,β-unsaturated/α-hetero) is 3. The Morgan fingerprint density at radius 3 is 2.08 bits per heavy atom. The number of benzene rings is 2. The molecule has 1 fully saturated rings. The molecule has 2 aromatic carbocycles. The van der Waals surface area contributed by atoms with Crippen LogP contribution in [0.2, 0.25) is 0 Å². The second-order valence-corrected chi connectivity index (χ2v) is 15.6. The molecule has 4 nitrogen and oxygen atoms in total. The van der Waals surface area contributed by atoms with Crippen molar-refractivity contribution >= 4 is 79.2 Å². The molecule has 3 heterocycles. The predicted octanol–water partition coefficient (Wildman–Crippen LogP) is 10.0. The Morgan fingerprint density at radius 2 is 1.42 bits per heavy atom. The number of thiophene rings is 3. The standard InChI is InChI=1S/C37H22F4O4S3/c1-16-7-25(38)26(39)12-20(16)31(43)17(15-42)8-18-10-24-34(46-18)36-30(37(24)5-3-2-4-6-37)35-29(48-36)11-19(47-35)9-23-32(44)21-13-27(40)28(41)14-22(21)33(23)45/h7-15H,2-6H2,1H3/b17-8-. The van der Waals surface area contributed by atoms with E-state index in [9.17, 15) is 36.7 Å². The van der Waals surface area contributed by atoms with E-state index < -0.39 is 40.6 Å². The summed E-state index contributed by atoms with van der Waals surface area (Å²) in [6.07, 6.45) is 8.41. The molecule has 0 saturated heterocycles. The summed E-state index contributed by atoms with van der Waals surface area (Å²) in [4.78, 5) is 55.0. The predicted molar refractivity (Wildman–Crippen MR) is 179 cm³/mol. The van der Waals surface area contributed by atoms with E-state index in [0.717, 1.165) is 81.1 Å². The summed E-state index contributed by atoms with van der Waals surface area (Å²) in [6.45, 7) is 1.49. The molecule has 0 N–H and O–H groups in total. The molecule has 3 aromatic heterocycles. The highest BCUT2D eigenvalue weighted by Gasteiger charge is 2.48. The first-order valence-corrected chi connectivity index (χ1v) is 17.6. The van der Waals surface area contributed by atoms with Crippen molar-refractivity contribution in [2.45, 2.75) is 44.4 Å². The quantitative estimate of drug-likeness (QED) is 0.0457. The third-order valence-electron chi connectivity index (χ3n) is 9.57. The lowest BCUT2D eigenvalue weighted by molar-refractivity contribution is -0.104. The van der Waals surface area contributed by atoms with E-state index in [0.29, 0.717) is 16.0 Å². The summed E-state index contributed by atoms with van der Waals surface area (Å²) >= 11 is 4.55. The lowest BCUT2D eigenvalue weighted by Gasteiger charge is -2.35. The van der Waals surface area contributed by atoms with Gasteiger partial charge in [0, 0.05) is 47.0 Å². The molecule has 1 spiro atoms. The third-order valence-corrected chi connectivity index (χ3v) is 13.2. The van der Waals surface area contributed by atoms with Crippen LogP contribution in [-0.2, 0) is 10.2 Å². The molecule has 5 aromatic rings. The molecular formula is C37H22F4O4S3. The first-order valence-electron chi connectivity index (χ1n) is 15.2. The molecular weight excluding hydrogens is 681 g/mol. The van der Waals surface area contributed by atoms with E-state index in [1.54, 1.807) is 11.3 Å². The Labute approximate surface area is 283 Å². The van der Waals surface area contributed by atoms with Crippen molar-refractivity contribution in [2.24, 2.45) is 0 Å². The van der Waals surface area contributed by atoms with Gasteiger partial charge in [-0.15, -0.1) is 34.0 Å². The van der Waals surface area contributed by atoms with Crippen molar-refractivity contribution in [1.29, 1.82) is 0 Å². The minimum absolute atomic E-state index is 0.0733. The maximum absolute atomic E-state index is 14.0. The highest BCUT2D eigenvalue weighted by molar-refractivity contribution is 7.32. The molecule has 0 aliphatic heterocycles. The van der Waals surface area contributed by atoms with Crippen LogP contribution in [0.15, 0.2) is 47.5 Å². The van der Waals surface area contributed by atoms with Gasteiger partial charge in [0.25, 0.3) is 0 Å². The molecule has 1 saturated carbocycles. The summed E-state index contributed by atoms with van der Waals surface area (Å²) in [5.74, 6) is -6.53. The molecule has 0 bridgehead atoms. The number of ketones is 3. The molecule has 3 aliphatic rings. The van der Waals surface area contributed by atoms with Crippen LogP contribution in [-0.4, -0.2) is 23.6 Å². The molecule has 8 rings (SSSR count). The van der Waals surface area contributed by atoms with Gasteiger partial charge in [0.2, 0.25) is 0 Å². The number of halogens is 4. The SMILES string of the molecule is Cc1cc(F)c(F)cc1C(=O)/C(C=O)=C\c1cc2c(s1)-c1sc3cc(C=C4C(=O)c5cc(F)c(F)cc5C4=O)sc3c1C21CCCCC1.